The summed E-state index contributed by atoms with van der Waals surface area (Å²) in [6, 6.07) is 0.616. The molecule has 0 bridgehead atoms. The van der Waals surface area contributed by atoms with Gasteiger partial charge in [-0.15, -0.1) is 0 Å². The van der Waals surface area contributed by atoms with Crippen LogP contribution < -0.4 is 5.32 Å². The molecule has 0 aliphatic rings. The van der Waals surface area contributed by atoms with Crippen molar-refractivity contribution >= 4 is 0 Å². The zero-order chi connectivity index (χ0) is 8.85. The van der Waals surface area contributed by atoms with E-state index in [4.69, 9.17) is 0 Å². The molecule has 0 saturated carbocycles. The summed E-state index contributed by atoms with van der Waals surface area (Å²) in [6.45, 7) is 13.7. The summed E-state index contributed by atoms with van der Waals surface area (Å²) in [7, 11) is 0. The summed E-state index contributed by atoms with van der Waals surface area (Å²) in [5.74, 6) is 0.603. The van der Waals surface area contributed by atoms with E-state index in [1.807, 2.05) is 0 Å². The Labute approximate surface area is 70.9 Å². The predicted molar refractivity (Wildman–Crippen MR) is 51.7 cm³/mol. The van der Waals surface area contributed by atoms with E-state index in [0.717, 1.165) is 6.54 Å². The first kappa shape index (κ1) is 10.7. The molecule has 0 saturated heterocycles. The molecule has 0 fully saturated rings. The topological polar surface area (TPSA) is 12.0 Å². The summed E-state index contributed by atoms with van der Waals surface area (Å²) >= 11 is 0. The second-order valence-electron chi connectivity index (χ2n) is 3.50. The van der Waals surface area contributed by atoms with Crippen molar-refractivity contribution in [3.63, 3.8) is 0 Å². The molecule has 1 nitrogen and oxygen atoms in total. The van der Waals surface area contributed by atoms with Gasteiger partial charge in [-0.05, 0) is 19.3 Å². The number of nitrogens with one attached hydrogen (secondary N) is 1. The van der Waals surface area contributed by atoms with Crippen molar-refractivity contribution in [3.8, 4) is 0 Å². The monoisotopic (exact) mass is 155 g/mol. The Hall–Kier alpha value is -0.300. The molecule has 0 rings (SSSR count). The van der Waals surface area contributed by atoms with Crippen LogP contribution in [0.1, 0.15) is 34.1 Å². The molecule has 1 unspecified atom stereocenters. The molecule has 0 aromatic carbocycles. The van der Waals surface area contributed by atoms with Gasteiger partial charge in [0, 0.05) is 12.6 Å². The number of hydrogen-bond donors (Lipinski definition) is 1. The standard InChI is InChI=1S/C10H21N/c1-6-10(5)11-7-9(4)8(2)3/h8,10-11H,4,6-7H2,1-3,5H3. The molecular weight excluding hydrogens is 134 g/mol. The van der Waals surface area contributed by atoms with Crippen molar-refractivity contribution in [2.75, 3.05) is 6.54 Å². The fraction of sp³-hybridized carbons (Fsp3) is 0.800. The Morgan fingerprint density at radius 2 is 1.91 bits per heavy atom. The van der Waals surface area contributed by atoms with Gasteiger partial charge < -0.3 is 5.32 Å². The smallest absolute Gasteiger partial charge is 0.0166 e. The van der Waals surface area contributed by atoms with Gasteiger partial charge in [-0.3, -0.25) is 0 Å². The zero-order valence-corrected chi connectivity index (χ0v) is 8.28. The Balaban J connectivity index is 3.46. The number of hydrogen-bond acceptors (Lipinski definition) is 1. The highest BCUT2D eigenvalue weighted by molar-refractivity contribution is 4.99. The van der Waals surface area contributed by atoms with E-state index in [1.165, 1.54) is 12.0 Å². The highest BCUT2D eigenvalue weighted by Gasteiger charge is 2.01. The summed E-state index contributed by atoms with van der Waals surface area (Å²) in [5.41, 5.74) is 1.30. The lowest BCUT2D eigenvalue weighted by Crippen LogP contribution is -2.27. The lowest BCUT2D eigenvalue weighted by Gasteiger charge is -2.14. The molecule has 1 atom stereocenters. The summed E-state index contributed by atoms with van der Waals surface area (Å²) < 4.78 is 0. The highest BCUT2D eigenvalue weighted by atomic mass is 14.9. The van der Waals surface area contributed by atoms with E-state index in [-0.39, 0.29) is 0 Å². The molecule has 0 heterocycles. The van der Waals surface area contributed by atoms with Crippen LogP contribution in [0.15, 0.2) is 12.2 Å². The largest absolute Gasteiger partial charge is 0.311 e. The maximum Gasteiger partial charge on any atom is 0.0166 e. The lowest BCUT2D eigenvalue weighted by molar-refractivity contribution is 0.543. The van der Waals surface area contributed by atoms with Crippen molar-refractivity contribution in [2.45, 2.75) is 40.2 Å². The quantitative estimate of drug-likeness (QED) is 0.602. The van der Waals surface area contributed by atoms with Crippen LogP contribution in [-0.2, 0) is 0 Å². The molecule has 1 heteroatoms. The molecular formula is C10H21N. The first-order chi connectivity index (χ1) is 5.07. The normalized spacial score (nSPS) is 13.5. The molecule has 0 spiro atoms. The maximum atomic E-state index is 4.00. The Morgan fingerprint density at radius 3 is 2.27 bits per heavy atom. The van der Waals surface area contributed by atoms with Gasteiger partial charge in [-0.1, -0.05) is 32.9 Å². The fourth-order valence-electron chi connectivity index (χ4n) is 0.654. The van der Waals surface area contributed by atoms with Gasteiger partial charge in [0.05, 0.1) is 0 Å². The third-order valence-electron chi connectivity index (χ3n) is 2.11. The van der Waals surface area contributed by atoms with Crippen LogP contribution in [0.3, 0.4) is 0 Å². The van der Waals surface area contributed by atoms with Gasteiger partial charge in [0.15, 0.2) is 0 Å². The molecule has 0 radical (unpaired) electrons. The number of rotatable bonds is 5. The van der Waals surface area contributed by atoms with Gasteiger partial charge in [-0.25, -0.2) is 0 Å². The van der Waals surface area contributed by atoms with E-state index in [9.17, 15) is 0 Å². The van der Waals surface area contributed by atoms with E-state index in [0.29, 0.717) is 12.0 Å². The van der Waals surface area contributed by atoms with Crippen molar-refractivity contribution in [3.05, 3.63) is 12.2 Å². The van der Waals surface area contributed by atoms with Crippen molar-refractivity contribution in [1.29, 1.82) is 0 Å². The molecule has 0 aromatic heterocycles. The van der Waals surface area contributed by atoms with Crippen LogP contribution in [0.4, 0.5) is 0 Å². The second-order valence-corrected chi connectivity index (χ2v) is 3.50. The first-order valence-corrected chi connectivity index (χ1v) is 4.49. The Bertz CT molecular complexity index is 116. The third kappa shape index (κ3) is 5.02. The molecule has 0 aliphatic heterocycles. The van der Waals surface area contributed by atoms with Gasteiger partial charge in [0.1, 0.15) is 0 Å². The van der Waals surface area contributed by atoms with Crippen LogP contribution in [0, 0.1) is 5.92 Å². The summed E-state index contributed by atoms with van der Waals surface area (Å²) in [4.78, 5) is 0. The van der Waals surface area contributed by atoms with Gasteiger partial charge in [-0.2, -0.15) is 0 Å². The Morgan fingerprint density at radius 1 is 1.36 bits per heavy atom. The van der Waals surface area contributed by atoms with E-state index in [2.05, 4.69) is 39.6 Å². The highest BCUT2D eigenvalue weighted by Crippen LogP contribution is 2.04. The van der Waals surface area contributed by atoms with Gasteiger partial charge in [0.2, 0.25) is 0 Å². The average Bonchev–Trinajstić information content (AvgIpc) is 1.99. The molecule has 0 amide bonds. The van der Waals surface area contributed by atoms with Crippen LogP contribution >= 0.6 is 0 Å². The second kappa shape index (κ2) is 5.36. The van der Waals surface area contributed by atoms with Crippen LogP contribution in [0.5, 0.6) is 0 Å². The van der Waals surface area contributed by atoms with E-state index < -0.39 is 0 Å². The van der Waals surface area contributed by atoms with Crippen molar-refractivity contribution in [1.82, 2.24) is 5.32 Å². The van der Waals surface area contributed by atoms with Crippen LogP contribution in [0.2, 0.25) is 0 Å². The minimum Gasteiger partial charge on any atom is -0.311 e. The Kier molecular flexibility index (Phi) is 5.22. The molecule has 0 aromatic rings. The molecule has 66 valence electrons. The minimum absolute atomic E-state index is 0.603. The molecule has 1 N–H and O–H groups in total. The minimum atomic E-state index is 0.603. The summed E-state index contributed by atoms with van der Waals surface area (Å²) in [6.07, 6.45) is 1.19. The average molecular weight is 155 g/mol. The molecule has 11 heavy (non-hydrogen) atoms. The van der Waals surface area contributed by atoms with E-state index >= 15 is 0 Å². The van der Waals surface area contributed by atoms with Gasteiger partial charge >= 0.3 is 0 Å². The zero-order valence-electron chi connectivity index (χ0n) is 8.28. The van der Waals surface area contributed by atoms with Gasteiger partial charge in [0.25, 0.3) is 0 Å². The first-order valence-electron chi connectivity index (χ1n) is 4.49. The maximum absolute atomic E-state index is 4.00. The van der Waals surface area contributed by atoms with Crippen LogP contribution in [0.25, 0.3) is 0 Å². The van der Waals surface area contributed by atoms with Crippen molar-refractivity contribution < 1.29 is 0 Å². The summed E-state index contributed by atoms with van der Waals surface area (Å²) in [5, 5.41) is 3.41. The predicted octanol–water partition coefficient (Wildman–Crippen LogP) is 2.59. The third-order valence-corrected chi connectivity index (χ3v) is 2.11. The van der Waals surface area contributed by atoms with E-state index in [1.54, 1.807) is 0 Å². The molecule has 0 aliphatic carbocycles. The lowest BCUT2D eigenvalue weighted by atomic mass is 10.1. The SMILES string of the molecule is C=C(CNC(C)CC)C(C)C. The van der Waals surface area contributed by atoms with Crippen molar-refractivity contribution in [2.24, 2.45) is 5.92 Å². The fourth-order valence-corrected chi connectivity index (χ4v) is 0.654. The van der Waals surface area contributed by atoms with Crippen LogP contribution in [-0.4, -0.2) is 12.6 Å².